The molecule has 37 heavy (non-hydrogen) atoms. The van der Waals surface area contributed by atoms with Gasteiger partial charge in [-0.25, -0.2) is 8.42 Å². The van der Waals surface area contributed by atoms with Crippen LogP contribution < -0.4 is 14.4 Å². The van der Waals surface area contributed by atoms with Crippen LogP contribution in [0.5, 0.6) is 5.75 Å². The lowest BCUT2D eigenvalue weighted by molar-refractivity contribution is -0.139. The maximum Gasteiger partial charge on any atom is 0.244 e. The van der Waals surface area contributed by atoms with Gasteiger partial charge in [-0.2, -0.15) is 0 Å². The van der Waals surface area contributed by atoms with Crippen LogP contribution in [0.3, 0.4) is 0 Å². The van der Waals surface area contributed by atoms with Crippen LogP contribution in [-0.4, -0.2) is 57.6 Å². The Morgan fingerprint density at radius 1 is 0.973 bits per heavy atom. The van der Waals surface area contributed by atoms with E-state index in [0.717, 1.165) is 21.5 Å². The first-order valence-electron chi connectivity index (χ1n) is 12.2. The lowest BCUT2D eigenvalue weighted by Gasteiger charge is -2.32. The Morgan fingerprint density at radius 2 is 1.65 bits per heavy atom. The number of sulfonamides is 1. The Bertz CT molecular complexity index is 1350. The SMILES string of the molecule is COc1cccc(CN(C(=O)CN(c2cccc3ccccc23)S(C)(=O)=O)[C@H](C)C(=O)NCC(C)C)c1. The summed E-state index contributed by atoms with van der Waals surface area (Å²) in [6.07, 6.45) is 1.08. The van der Waals surface area contributed by atoms with Gasteiger partial charge in [0, 0.05) is 18.5 Å². The molecule has 3 aromatic rings. The average molecular weight is 526 g/mol. The van der Waals surface area contributed by atoms with Gasteiger partial charge < -0.3 is 15.0 Å². The van der Waals surface area contributed by atoms with Crippen LogP contribution in [-0.2, 0) is 26.2 Å². The van der Waals surface area contributed by atoms with Crippen molar-refractivity contribution in [1.82, 2.24) is 10.2 Å². The van der Waals surface area contributed by atoms with Gasteiger partial charge in [0.1, 0.15) is 18.3 Å². The summed E-state index contributed by atoms with van der Waals surface area (Å²) in [6, 6.07) is 19.1. The Balaban J connectivity index is 1.98. The quantitative estimate of drug-likeness (QED) is 0.411. The van der Waals surface area contributed by atoms with Gasteiger partial charge >= 0.3 is 0 Å². The first-order valence-corrected chi connectivity index (χ1v) is 14.0. The van der Waals surface area contributed by atoms with E-state index in [9.17, 15) is 18.0 Å². The van der Waals surface area contributed by atoms with E-state index < -0.39 is 28.5 Å². The molecule has 0 fully saturated rings. The van der Waals surface area contributed by atoms with Crippen molar-refractivity contribution < 1.29 is 22.7 Å². The lowest BCUT2D eigenvalue weighted by atomic mass is 10.1. The first-order chi connectivity index (χ1) is 17.5. The number of hydrogen-bond donors (Lipinski definition) is 1. The van der Waals surface area contributed by atoms with Gasteiger partial charge in [-0.15, -0.1) is 0 Å². The predicted octanol–water partition coefficient (Wildman–Crippen LogP) is 3.80. The van der Waals surface area contributed by atoms with E-state index in [-0.39, 0.29) is 18.4 Å². The number of ether oxygens (including phenoxy) is 1. The fourth-order valence-electron chi connectivity index (χ4n) is 4.02. The molecule has 1 N–H and O–H groups in total. The molecular weight excluding hydrogens is 490 g/mol. The molecular formula is C28H35N3O5S. The molecule has 198 valence electrons. The number of methoxy groups -OCH3 is 1. The van der Waals surface area contributed by atoms with Crippen molar-refractivity contribution in [1.29, 1.82) is 0 Å². The lowest BCUT2D eigenvalue weighted by Crippen LogP contribution is -2.51. The molecule has 9 heteroatoms. The molecule has 0 heterocycles. The monoisotopic (exact) mass is 525 g/mol. The molecule has 0 spiro atoms. The highest BCUT2D eigenvalue weighted by Crippen LogP contribution is 2.28. The highest BCUT2D eigenvalue weighted by atomic mass is 32.2. The van der Waals surface area contributed by atoms with Crippen LogP contribution in [0, 0.1) is 5.92 Å². The van der Waals surface area contributed by atoms with Gasteiger partial charge in [-0.3, -0.25) is 13.9 Å². The summed E-state index contributed by atoms with van der Waals surface area (Å²) >= 11 is 0. The van der Waals surface area contributed by atoms with E-state index in [1.54, 1.807) is 44.4 Å². The number of carbonyl (C=O) groups is 2. The third-order valence-electron chi connectivity index (χ3n) is 6.05. The zero-order valence-electron chi connectivity index (χ0n) is 22.0. The zero-order chi connectivity index (χ0) is 27.2. The summed E-state index contributed by atoms with van der Waals surface area (Å²) in [5.41, 5.74) is 1.17. The molecule has 3 aromatic carbocycles. The number of rotatable bonds is 11. The molecule has 0 bridgehead atoms. The molecule has 0 saturated heterocycles. The second-order valence-corrected chi connectivity index (χ2v) is 11.4. The number of fused-ring (bicyclic) bond motifs is 1. The number of nitrogens with zero attached hydrogens (tertiary/aromatic N) is 2. The molecule has 0 aliphatic rings. The van der Waals surface area contributed by atoms with Crippen LogP contribution in [0.15, 0.2) is 66.7 Å². The van der Waals surface area contributed by atoms with Crippen LogP contribution in [0.4, 0.5) is 5.69 Å². The van der Waals surface area contributed by atoms with Crippen molar-refractivity contribution in [2.45, 2.75) is 33.4 Å². The van der Waals surface area contributed by atoms with Gasteiger partial charge in [0.15, 0.2) is 0 Å². The minimum Gasteiger partial charge on any atom is -0.497 e. The molecule has 0 aliphatic carbocycles. The zero-order valence-corrected chi connectivity index (χ0v) is 22.8. The molecule has 8 nitrogen and oxygen atoms in total. The van der Waals surface area contributed by atoms with Gasteiger partial charge in [0.05, 0.1) is 19.1 Å². The second-order valence-electron chi connectivity index (χ2n) is 9.46. The number of hydrogen-bond acceptors (Lipinski definition) is 5. The summed E-state index contributed by atoms with van der Waals surface area (Å²) in [5, 5.41) is 4.45. The molecule has 3 rings (SSSR count). The van der Waals surface area contributed by atoms with E-state index in [2.05, 4.69) is 5.32 Å². The standard InChI is InChI=1S/C28H35N3O5S/c1-20(2)17-29-28(33)21(3)30(18-22-10-8-13-24(16-22)36-4)27(32)19-31(37(5,34)35)26-15-9-12-23-11-6-7-14-25(23)26/h6-16,20-21H,17-19H2,1-5H3,(H,29,33)/t21-/m1/s1. The number of nitrogens with one attached hydrogen (secondary N) is 1. The summed E-state index contributed by atoms with van der Waals surface area (Å²) in [6.45, 7) is 5.75. The van der Waals surface area contributed by atoms with E-state index in [0.29, 0.717) is 23.4 Å². The Hall–Kier alpha value is -3.59. The van der Waals surface area contributed by atoms with Gasteiger partial charge in [0.25, 0.3) is 0 Å². The Kier molecular flexibility index (Phi) is 9.15. The fourth-order valence-corrected chi connectivity index (χ4v) is 4.88. The van der Waals surface area contributed by atoms with E-state index in [1.807, 2.05) is 50.2 Å². The Labute approximate surface area is 219 Å². The normalized spacial score (nSPS) is 12.3. The number of anilines is 1. The average Bonchev–Trinajstić information content (AvgIpc) is 2.87. The largest absolute Gasteiger partial charge is 0.497 e. The summed E-state index contributed by atoms with van der Waals surface area (Å²) in [5.74, 6) is 0.0653. The summed E-state index contributed by atoms with van der Waals surface area (Å²) in [4.78, 5) is 28.1. The maximum absolute atomic E-state index is 13.8. The molecule has 0 aliphatic heterocycles. The van der Waals surface area contributed by atoms with E-state index in [4.69, 9.17) is 4.74 Å². The smallest absolute Gasteiger partial charge is 0.244 e. The fraction of sp³-hybridized carbons (Fsp3) is 0.357. The predicted molar refractivity (Wildman–Crippen MR) is 147 cm³/mol. The first kappa shape index (κ1) is 28.0. The molecule has 0 radical (unpaired) electrons. The van der Waals surface area contributed by atoms with E-state index >= 15 is 0 Å². The Morgan fingerprint density at radius 3 is 2.32 bits per heavy atom. The van der Waals surface area contributed by atoms with Gasteiger partial charge in [0.2, 0.25) is 21.8 Å². The molecule has 1 atom stereocenters. The third kappa shape index (κ3) is 7.22. The van der Waals surface area contributed by atoms with Crippen LogP contribution in [0.25, 0.3) is 10.8 Å². The van der Waals surface area contributed by atoms with Crippen molar-refractivity contribution in [3.63, 3.8) is 0 Å². The number of benzene rings is 3. The molecule has 0 saturated carbocycles. The minimum atomic E-state index is -3.82. The summed E-state index contributed by atoms with van der Waals surface area (Å²) in [7, 11) is -2.27. The van der Waals surface area contributed by atoms with Crippen molar-refractivity contribution in [2.24, 2.45) is 5.92 Å². The van der Waals surface area contributed by atoms with Crippen molar-refractivity contribution >= 4 is 38.3 Å². The van der Waals surface area contributed by atoms with Crippen LogP contribution in [0.1, 0.15) is 26.3 Å². The number of carbonyl (C=O) groups excluding carboxylic acids is 2. The van der Waals surface area contributed by atoms with Crippen molar-refractivity contribution in [3.05, 3.63) is 72.3 Å². The molecule has 2 amide bonds. The second kappa shape index (κ2) is 12.1. The number of amides is 2. The van der Waals surface area contributed by atoms with Crippen LogP contribution >= 0.6 is 0 Å². The maximum atomic E-state index is 13.8. The van der Waals surface area contributed by atoms with Crippen LogP contribution in [0.2, 0.25) is 0 Å². The van der Waals surface area contributed by atoms with E-state index in [1.165, 1.54) is 4.90 Å². The van der Waals surface area contributed by atoms with Crippen molar-refractivity contribution in [2.75, 3.05) is 30.8 Å². The minimum absolute atomic E-state index is 0.111. The highest BCUT2D eigenvalue weighted by Gasteiger charge is 2.30. The summed E-state index contributed by atoms with van der Waals surface area (Å²) < 4.78 is 32.2. The third-order valence-corrected chi connectivity index (χ3v) is 7.18. The highest BCUT2D eigenvalue weighted by molar-refractivity contribution is 7.92. The topological polar surface area (TPSA) is 96.0 Å². The van der Waals surface area contributed by atoms with Gasteiger partial charge in [-0.05, 0) is 42.0 Å². The molecule has 0 unspecified atom stereocenters. The van der Waals surface area contributed by atoms with Crippen molar-refractivity contribution in [3.8, 4) is 5.75 Å². The van der Waals surface area contributed by atoms with Gasteiger partial charge in [-0.1, -0.05) is 62.4 Å². The molecule has 0 aromatic heterocycles.